The second-order valence-corrected chi connectivity index (χ2v) is 9.75. The standard InChI is InChI=1S/C20H30N2O4S/c1-15-13-22(14-16(2)26-15)27(24,25)19-11-9-17(10-12-19)20(23)21(3)18-7-5-4-6-8-18/h9-12,15-16,18H,4-8,13-14H2,1-3H3/t15-,16+. The highest BCUT2D eigenvalue weighted by Gasteiger charge is 2.32. The summed E-state index contributed by atoms with van der Waals surface area (Å²) in [4.78, 5) is 14.8. The number of sulfonamides is 1. The summed E-state index contributed by atoms with van der Waals surface area (Å²) in [6, 6.07) is 6.62. The molecule has 1 heterocycles. The van der Waals surface area contributed by atoms with Crippen LogP contribution in [0.1, 0.15) is 56.3 Å². The summed E-state index contributed by atoms with van der Waals surface area (Å²) in [7, 11) is -1.74. The van der Waals surface area contributed by atoms with Crippen LogP contribution in [0, 0.1) is 0 Å². The van der Waals surface area contributed by atoms with E-state index in [0.717, 1.165) is 25.7 Å². The average Bonchev–Trinajstić information content (AvgIpc) is 2.67. The van der Waals surface area contributed by atoms with Crippen molar-refractivity contribution in [3.05, 3.63) is 29.8 Å². The van der Waals surface area contributed by atoms with E-state index < -0.39 is 10.0 Å². The molecule has 1 aromatic rings. The molecule has 6 nitrogen and oxygen atoms in total. The minimum atomic E-state index is -3.58. The fourth-order valence-electron chi connectivity index (χ4n) is 4.08. The molecule has 0 bridgehead atoms. The van der Waals surface area contributed by atoms with Crippen molar-refractivity contribution < 1.29 is 17.9 Å². The van der Waals surface area contributed by atoms with Gasteiger partial charge in [0.2, 0.25) is 10.0 Å². The Kier molecular flexibility index (Phi) is 6.23. The molecular weight excluding hydrogens is 364 g/mol. The highest BCUT2D eigenvalue weighted by molar-refractivity contribution is 7.89. The van der Waals surface area contributed by atoms with E-state index in [2.05, 4.69) is 0 Å². The van der Waals surface area contributed by atoms with Gasteiger partial charge in [0.25, 0.3) is 5.91 Å². The van der Waals surface area contributed by atoms with Crippen LogP contribution in [-0.4, -0.2) is 61.9 Å². The van der Waals surface area contributed by atoms with Crippen LogP contribution in [0.3, 0.4) is 0 Å². The lowest BCUT2D eigenvalue weighted by Gasteiger charge is -2.34. The van der Waals surface area contributed by atoms with Crippen LogP contribution in [-0.2, 0) is 14.8 Å². The van der Waals surface area contributed by atoms with Crippen LogP contribution in [0.15, 0.2) is 29.2 Å². The molecule has 1 aliphatic carbocycles. The van der Waals surface area contributed by atoms with Crippen molar-refractivity contribution >= 4 is 15.9 Å². The van der Waals surface area contributed by atoms with Crippen LogP contribution in [0.25, 0.3) is 0 Å². The number of nitrogens with zero attached hydrogens (tertiary/aromatic N) is 2. The van der Waals surface area contributed by atoms with Crippen molar-refractivity contribution in [3.8, 4) is 0 Å². The number of benzene rings is 1. The summed E-state index contributed by atoms with van der Waals surface area (Å²) >= 11 is 0. The van der Waals surface area contributed by atoms with Crippen LogP contribution < -0.4 is 0 Å². The highest BCUT2D eigenvalue weighted by Crippen LogP contribution is 2.24. The first-order chi connectivity index (χ1) is 12.8. The second kappa shape index (κ2) is 8.29. The Hall–Kier alpha value is -1.44. The van der Waals surface area contributed by atoms with Gasteiger partial charge < -0.3 is 9.64 Å². The van der Waals surface area contributed by atoms with Crippen molar-refractivity contribution in [2.24, 2.45) is 0 Å². The molecule has 150 valence electrons. The highest BCUT2D eigenvalue weighted by atomic mass is 32.2. The average molecular weight is 395 g/mol. The van der Waals surface area contributed by atoms with E-state index in [1.165, 1.54) is 10.7 Å². The zero-order valence-corrected chi connectivity index (χ0v) is 17.2. The van der Waals surface area contributed by atoms with Gasteiger partial charge >= 0.3 is 0 Å². The normalized spacial score (nSPS) is 25.3. The Morgan fingerprint density at radius 1 is 1.04 bits per heavy atom. The predicted molar refractivity (Wildman–Crippen MR) is 104 cm³/mol. The van der Waals surface area contributed by atoms with Crippen molar-refractivity contribution in [2.45, 2.75) is 69.1 Å². The summed E-state index contributed by atoms with van der Waals surface area (Å²) in [6.45, 7) is 4.44. The molecule has 2 fully saturated rings. The minimum absolute atomic E-state index is 0.0422. The number of morpholine rings is 1. The van der Waals surface area contributed by atoms with Gasteiger partial charge in [0.1, 0.15) is 0 Å². The molecule has 1 amide bonds. The number of hydrogen-bond acceptors (Lipinski definition) is 4. The number of rotatable bonds is 4. The van der Waals surface area contributed by atoms with Gasteiger partial charge in [-0.3, -0.25) is 4.79 Å². The van der Waals surface area contributed by atoms with Crippen molar-refractivity contribution in [1.82, 2.24) is 9.21 Å². The first kappa shape index (κ1) is 20.3. The van der Waals surface area contributed by atoms with Crippen LogP contribution in [0.5, 0.6) is 0 Å². The van der Waals surface area contributed by atoms with Crippen LogP contribution >= 0.6 is 0 Å². The lowest BCUT2D eigenvalue weighted by Crippen LogP contribution is -2.48. The van der Waals surface area contributed by atoms with E-state index in [9.17, 15) is 13.2 Å². The Bertz CT molecular complexity index is 747. The Morgan fingerprint density at radius 3 is 2.15 bits per heavy atom. The molecule has 27 heavy (non-hydrogen) atoms. The molecule has 0 spiro atoms. The second-order valence-electron chi connectivity index (χ2n) is 7.81. The maximum atomic E-state index is 12.9. The molecule has 1 saturated carbocycles. The van der Waals surface area contributed by atoms with E-state index in [0.29, 0.717) is 18.7 Å². The van der Waals surface area contributed by atoms with Crippen molar-refractivity contribution in [2.75, 3.05) is 20.1 Å². The quantitative estimate of drug-likeness (QED) is 0.788. The summed E-state index contributed by atoms with van der Waals surface area (Å²) < 4.78 is 32.9. The molecule has 3 rings (SSSR count). The van der Waals surface area contributed by atoms with Gasteiger partial charge in [-0.25, -0.2) is 8.42 Å². The Labute approximate surface area is 162 Å². The Morgan fingerprint density at radius 2 is 1.59 bits per heavy atom. The predicted octanol–water partition coefficient (Wildman–Crippen LogP) is 2.89. The van der Waals surface area contributed by atoms with E-state index in [-0.39, 0.29) is 29.1 Å². The lowest BCUT2D eigenvalue weighted by molar-refractivity contribution is -0.0440. The SMILES string of the molecule is C[C@@H]1CN(S(=O)(=O)c2ccc(C(=O)N(C)C3CCCCC3)cc2)C[C@H](C)O1. The van der Waals surface area contributed by atoms with E-state index in [4.69, 9.17) is 4.74 Å². The molecule has 0 unspecified atom stereocenters. The molecule has 0 aromatic heterocycles. The summed E-state index contributed by atoms with van der Waals surface area (Å²) in [6.07, 6.45) is 5.39. The van der Waals surface area contributed by atoms with E-state index in [1.54, 1.807) is 24.3 Å². The fourth-order valence-corrected chi connectivity index (χ4v) is 5.67. The number of hydrogen-bond donors (Lipinski definition) is 0. The molecule has 0 radical (unpaired) electrons. The zero-order valence-electron chi connectivity index (χ0n) is 16.4. The molecular formula is C20H30N2O4S. The zero-order chi connectivity index (χ0) is 19.6. The monoisotopic (exact) mass is 394 g/mol. The van der Waals surface area contributed by atoms with Gasteiger partial charge in [0.05, 0.1) is 17.1 Å². The topological polar surface area (TPSA) is 66.9 Å². The fraction of sp³-hybridized carbons (Fsp3) is 0.650. The third-order valence-electron chi connectivity index (χ3n) is 5.57. The van der Waals surface area contributed by atoms with Crippen LogP contribution in [0.2, 0.25) is 0 Å². The molecule has 2 atom stereocenters. The number of amides is 1. The first-order valence-electron chi connectivity index (χ1n) is 9.82. The van der Waals surface area contributed by atoms with Gasteiger partial charge in [-0.05, 0) is 51.0 Å². The van der Waals surface area contributed by atoms with Crippen molar-refractivity contribution in [1.29, 1.82) is 0 Å². The summed E-state index contributed by atoms with van der Waals surface area (Å²) in [5.41, 5.74) is 0.533. The molecule has 1 saturated heterocycles. The van der Waals surface area contributed by atoms with Gasteiger partial charge in [-0.15, -0.1) is 0 Å². The third-order valence-corrected chi connectivity index (χ3v) is 7.41. The van der Waals surface area contributed by atoms with Crippen molar-refractivity contribution in [3.63, 3.8) is 0 Å². The maximum Gasteiger partial charge on any atom is 0.253 e. The number of ether oxygens (including phenoxy) is 1. The van der Waals surface area contributed by atoms with Gasteiger partial charge in [-0.1, -0.05) is 19.3 Å². The van der Waals surface area contributed by atoms with E-state index >= 15 is 0 Å². The molecule has 1 aromatic carbocycles. The Balaban J connectivity index is 1.73. The smallest absolute Gasteiger partial charge is 0.253 e. The molecule has 2 aliphatic rings. The van der Waals surface area contributed by atoms with Crippen LogP contribution in [0.4, 0.5) is 0 Å². The first-order valence-corrected chi connectivity index (χ1v) is 11.3. The maximum absolute atomic E-state index is 12.9. The lowest BCUT2D eigenvalue weighted by atomic mass is 9.94. The minimum Gasteiger partial charge on any atom is -0.373 e. The largest absolute Gasteiger partial charge is 0.373 e. The molecule has 7 heteroatoms. The van der Waals surface area contributed by atoms with Gasteiger partial charge in [0.15, 0.2) is 0 Å². The summed E-state index contributed by atoms with van der Waals surface area (Å²) in [5, 5.41) is 0. The summed E-state index contributed by atoms with van der Waals surface area (Å²) in [5.74, 6) is -0.0422. The third kappa shape index (κ3) is 4.52. The molecule has 1 aliphatic heterocycles. The number of carbonyl (C=O) groups is 1. The number of carbonyl (C=O) groups excluding carboxylic acids is 1. The molecule has 0 N–H and O–H groups in total. The van der Waals surface area contributed by atoms with E-state index in [1.807, 2.05) is 25.8 Å². The van der Waals surface area contributed by atoms with Gasteiger partial charge in [0, 0.05) is 31.7 Å². The van der Waals surface area contributed by atoms with Gasteiger partial charge in [-0.2, -0.15) is 4.31 Å².